The van der Waals surface area contributed by atoms with Crippen LogP contribution in [0.2, 0.25) is 0 Å². The van der Waals surface area contributed by atoms with Crippen molar-refractivity contribution in [2.75, 3.05) is 14.2 Å². The number of carbonyl (C=O) groups is 2. The first-order valence-electron chi connectivity index (χ1n) is 17.5. The van der Waals surface area contributed by atoms with Crippen molar-refractivity contribution < 1.29 is 43.1 Å². The average Bonchev–Trinajstić information content (AvgIpc) is 3.40. The highest BCUT2D eigenvalue weighted by Gasteiger charge is 2.51. The van der Waals surface area contributed by atoms with Gasteiger partial charge in [-0.05, 0) is 83.1 Å². The molecule has 0 spiro atoms. The Balaban J connectivity index is 1.97. The Kier molecular flexibility index (Phi) is 13.6. The van der Waals surface area contributed by atoms with Crippen LogP contribution in [0.25, 0.3) is 0 Å². The molecule has 1 amide bonds. The standard InChI is InChI=1S/C39H61NO9/c1-15-31-39(11,12)35(47-32(16-2)46-31)33(42)25(7)24(6)23(5)20-29(41)34-28(19-22(3)4)40(37(43)49-38(8,9)10)36(48-34)27-18-17-26(44-13)21-30(27)45-14/h16-18,21-23,28,31-36,42H,2,15,19-20H2,1,3-14H3/b25-24+/t23-,28+,31+,32?,33+,34-,35+,36?/m1/s1. The van der Waals surface area contributed by atoms with Crippen molar-refractivity contribution in [3.63, 3.8) is 0 Å². The summed E-state index contributed by atoms with van der Waals surface area (Å²) in [6.45, 7) is 25.3. The zero-order valence-electron chi connectivity index (χ0n) is 32.0. The summed E-state index contributed by atoms with van der Waals surface area (Å²) in [6, 6.07) is 4.71. The summed E-state index contributed by atoms with van der Waals surface area (Å²) in [4.78, 5) is 29.8. The molecule has 8 atom stereocenters. The van der Waals surface area contributed by atoms with E-state index in [0.717, 1.165) is 17.6 Å². The molecule has 2 aliphatic rings. The SMILES string of the molecule is C=CC1O[C@@H](CC)C(C)(C)[C@H]([C@@H](O)/C(C)=C(\C)[C@H](C)CC(=O)[C@@H]2OC(c3ccc(OC)cc3OC)N(C(=O)OC(C)(C)C)[C@H]2CC(C)C)O1. The predicted octanol–water partition coefficient (Wildman–Crippen LogP) is 7.78. The molecular weight excluding hydrogens is 626 g/mol. The van der Waals surface area contributed by atoms with E-state index in [1.54, 1.807) is 43.4 Å². The van der Waals surface area contributed by atoms with Crippen LogP contribution < -0.4 is 9.47 Å². The van der Waals surface area contributed by atoms with Crippen LogP contribution in [-0.2, 0) is 23.7 Å². The van der Waals surface area contributed by atoms with Crippen LogP contribution in [0.3, 0.4) is 0 Å². The number of Topliss-reactive ketones (excluding diaryl/α,β-unsaturated/α-hetero) is 1. The predicted molar refractivity (Wildman–Crippen MR) is 189 cm³/mol. The minimum atomic E-state index is -0.930. The van der Waals surface area contributed by atoms with Gasteiger partial charge in [0.2, 0.25) is 0 Å². The number of ether oxygens (including phenoxy) is 6. The molecule has 1 aromatic rings. The van der Waals surface area contributed by atoms with Crippen LogP contribution >= 0.6 is 0 Å². The molecule has 0 aromatic heterocycles. The van der Waals surface area contributed by atoms with E-state index >= 15 is 0 Å². The number of benzene rings is 1. The number of nitrogens with zero attached hydrogens (tertiary/aromatic N) is 1. The van der Waals surface area contributed by atoms with Crippen LogP contribution in [0.1, 0.15) is 107 Å². The Morgan fingerprint density at radius 3 is 2.24 bits per heavy atom. The van der Waals surface area contributed by atoms with Crippen LogP contribution in [0.4, 0.5) is 4.79 Å². The quantitative estimate of drug-likeness (QED) is 0.208. The molecule has 0 radical (unpaired) electrons. The molecular formula is C39H61NO9. The first-order valence-corrected chi connectivity index (χ1v) is 17.5. The number of methoxy groups -OCH3 is 2. The number of rotatable bonds is 13. The van der Waals surface area contributed by atoms with Gasteiger partial charge in [-0.25, -0.2) is 4.79 Å². The molecule has 1 N–H and O–H groups in total. The van der Waals surface area contributed by atoms with E-state index in [4.69, 9.17) is 28.4 Å². The molecule has 0 aliphatic carbocycles. The van der Waals surface area contributed by atoms with E-state index < -0.39 is 54.0 Å². The maximum Gasteiger partial charge on any atom is 0.412 e. The van der Waals surface area contributed by atoms with Gasteiger partial charge in [-0.1, -0.05) is 53.7 Å². The lowest BCUT2D eigenvalue weighted by atomic mass is 9.74. The molecule has 49 heavy (non-hydrogen) atoms. The minimum Gasteiger partial charge on any atom is -0.497 e. The van der Waals surface area contributed by atoms with Crippen LogP contribution in [-0.4, -0.2) is 78.5 Å². The zero-order chi connectivity index (χ0) is 37.0. The number of hydrogen-bond donors (Lipinski definition) is 1. The number of allylic oxidation sites excluding steroid dienone is 1. The molecule has 3 rings (SSSR count). The summed E-state index contributed by atoms with van der Waals surface area (Å²) in [5, 5.41) is 11.7. The van der Waals surface area contributed by atoms with Gasteiger partial charge in [0.15, 0.2) is 18.3 Å². The minimum absolute atomic E-state index is 0.126. The Hall–Kier alpha value is -2.92. The number of aliphatic hydroxyl groups excluding tert-OH is 1. The highest BCUT2D eigenvalue weighted by Crippen LogP contribution is 2.44. The highest BCUT2D eigenvalue weighted by molar-refractivity contribution is 5.86. The van der Waals surface area contributed by atoms with E-state index in [1.807, 2.05) is 55.4 Å². The van der Waals surface area contributed by atoms with Crippen molar-refractivity contribution in [2.24, 2.45) is 17.3 Å². The fourth-order valence-corrected chi connectivity index (χ4v) is 6.92. The number of carbonyl (C=O) groups excluding carboxylic acids is 2. The van der Waals surface area contributed by atoms with Gasteiger partial charge < -0.3 is 33.5 Å². The Bertz CT molecular complexity index is 1350. The van der Waals surface area contributed by atoms with Crippen LogP contribution in [0.15, 0.2) is 42.0 Å². The number of aliphatic hydroxyl groups is 1. The summed E-state index contributed by atoms with van der Waals surface area (Å²) >= 11 is 0. The van der Waals surface area contributed by atoms with Gasteiger partial charge in [-0.15, -0.1) is 0 Å². The molecule has 10 nitrogen and oxygen atoms in total. The van der Waals surface area contributed by atoms with E-state index in [2.05, 4.69) is 27.4 Å². The van der Waals surface area contributed by atoms with Crippen molar-refractivity contribution in [1.82, 2.24) is 4.90 Å². The molecule has 2 saturated heterocycles. The average molecular weight is 688 g/mol. The maximum absolute atomic E-state index is 14.3. The van der Waals surface area contributed by atoms with Gasteiger partial charge >= 0.3 is 6.09 Å². The van der Waals surface area contributed by atoms with Gasteiger partial charge in [0, 0.05) is 23.5 Å². The molecule has 2 fully saturated rings. The van der Waals surface area contributed by atoms with E-state index in [0.29, 0.717) is 23.5 Å². The fourth-order valence-electron chi connectivity index (χ4n) is 6.92. The Labute approximate surface area is 294 Å². The number of ketones is 1. The summed E-state index contributed by atoms with van der Waals surface area (Å²) in [6.07, 6.45) is -1.58. The number of amides is 1. The second-order valence-corrected chi connectivity index (χ2v) is 15.5. The molecule has 0 bridgehead atoms. The van der Waals surface area contributed by atoms with Crippen molar-refractivity contribution >= 4 is 11.9 Å². The Morgan fingerprint density at radius 2 is 1.71 bits per heavy atom. The van der Waals surface area contributed by atoms with Crippen molar-refractivity contribution in [3.8, 4) is 11.5 Å². The Morgan fingerprint density at radius 1 is 1.06 bits per heavy atom. The first-order chi connectivity index (χ1) is 22.8. The fraction of sp³-hybridized carbons (Fsp3) is 0.692. The molecule has 10 heteroatoms. The lowest BCUT2D eigenvalue weighted by molar-refractivity contribution is -0.289. The second kappa shape index (κ2) is 16.4. The highest BCUT2D eigenvalue weighted by atomic mass is 16.7. The third-order valence-corrected chi connectivity index (χ3v) is 9.88. The van der Waals surface area contributed by atoms with Gasteiger partial charge in [0.05, 0.1) is 32.5 Å². The summed E-state index contributed by atoms with van der Waals surface area (Å²) in [5.41, 5.74) is 0.990. The van der Waals surface area contributed by atoms with Gasteiger partial charge in [-0.3, -0.25) is 9.69 Å². The van der Waals surface area contributed by atoms with E-state index in [1.165, 1.54) is 0 Å². The third-order valence-electron chi connectivity index (χ3n) is 9.88. The molecule has 1 aromatic carbocycles. The van der Waals surface area contributed by atoms with Crippen LogP contribution in [0.5, 0.6) is 11.5 Å². The summed E-state index contributed by atoms with van der Waals surface area (Å²) in [5.74, 6) is 0.838. The third kappa shape index (κ3) is 9.25. The molecule has 276 valence electrons. The maximum atomic E-state index is 14.3. The smallest absolute Gasteiger partial charge is 0.412 e. The number of hydrogen-bond acceptors (Lipinski definition) is 9. The lowest BCUT2D eigenvalue weighted by Crippen LogP contribution is -2.56. The van der Waals surface area contributed by atoms with Gasteiger partial charge in [-0.2, -0.15) is 0 Å². The summed E-state index contributed by atoms with van der Waals surface area (Å²) in [7, 11) is 3.11. The van der Waals surface area contributed by atoms with Gasteiger partial charge in [0.1, 0.15) is 29.3 Å². The zero-order valence-corrected chi connectivity index (χ0v) is 32.0. The normalized spacial score (nSPS) is 27.3. The lowest BCUT2D eigenvalue weighted by Gasteiger charge is -2.49. The monoisotopic (exact) mass is 687 g/mol. The van der Waals surface area contributed by atoms with Crippen molar-refractivity contribution in [1.29, 1.82) is 0 Å². The van der Waals surface area contributed by atoms with Crippen molar-refractivity contribution in [3.05, 3.63) is 47.6 Å². The molecule has 2 unspecified atom stereocenters. The van der Waals surface area contributed by atoms with Crippen LogP contribution in [0, 0.1) is 17.3 Å². The second-order valence-electron chi connectivity index (χ2n) is 15.5. The molecule has 0 saturated carbocycles. The van der Waals surface area contributed by atoms with E-state index in [9.17, 15) is 14.7 Å². The van der Waals surface area contributed by atoms with E-state index in [-0.39, 0.29) is 30.1 Å². The summed E-state index contributed by atoms with van der Waals surface area (Å²) < 4.78 is 35.8. The van der Waals surface area contributed by atoms with Crippen molar-refractivity contribution in [2.45, 2.75) is 144 Å². The van der Waals surface area contributed by atoms with Gasteiger partial charge in [0.25, 0.3) is 0 Å². The molecule has 2 heterocycles. The largest absolute Gasteiger partial charge is 0.497 e. The first kappa shape index (κ1) is 40.5. The topological polar surface area (TPSA) is 113 Å². The molecule has 2 aliphatic heterocycles.